The molecular weight excluding hydrogens is 362 g/mol. The molecule has 2 aromatic heterocycles. The second-order valence-electron chi connectivity index (χ2n) is 5.38. The number of amides is 1. The summed E-state index contributed by atoms with van der Waals surface area (Å²) in [6.07, 6.45) is 1.46. The van der Waals surface area contributed by atoms with Crippen LogP contribution in [-0.4, -0.2) is 33.9 Å². The summed E-state index contributed by atoms with van der Waals surface area (Å²) in [7, 11) is 0. The average Bonchev–Trinajstić information content (AvgIpc) is 3.15. The van der Waals surface area contributed by atoms with Crippen LogP contribution in [0.1, 0.15) is 23.0 Å². The van der Waals surface area contributed by atoms with Crippen molar-refractivity contribution in [3.05, 3.63) is 58.3 Å². The van der Waals surface area contributed by atoms with Gasteiger partial charge in [-0.05, 0) is 18.9 Å². The number of aromatic nitrogens is 2. The Labute approximate surface area is 153 Å². The molecule has 3 aromatic rings. The standard InChI is InChI=1S/C17H16ClN3O3S/c1-11(15(22)19-8-7-12-5-3-2-4-6-12)24-16(23)13-14(18)20-17-21(13)9-10-25-17/h2-6,9-11H,7-8H2,1H3,(H,19,22)/t11-/m0/s1. The number of carbonyl (C=O) groups is 2. The molecule has 0 spiro atoms. The predicted molar refractivity (Wildman–Crippen MR) is 96.1 cm³/mol. The lowest BCUT2D eigenvalue weighted by Crippen LogP contribution is -2.37. The first kappa shape index (κ1) is 17.4. The predicted octanol–water partition coefficient (Wildman–Crippen LogP) is 2.95. The van der Waals surface area contributed by atoms with E-state index in [1.807, 2.05) is 30.3 Å². The van der Waals surface area contributed by atoms with Gasteiger partial charge < -0.3 is 10.1 Å². The topological polar surface area (TPSA) is 72.7 Å². The summed E-state index contributed by atoms with van der Waals surface area (Å²) in [4.78, 5) is 29.1. The van der Waals surface area contributed by atoms with Gasteiger partial charge in [-0.3, -0.25) is 9.20 Å². The molecule has 1 N–H and O–H groups in total. The third-order valence-electron chi connectivity index (χ3n) is 3.62. The summed E-state index contributed by atoms with van der Waals surface area (Å²) in [5.41, 5.74) is 1.25. The number of nitrogens with zero attached hydrogens (tertiary/aromatic N) is 2. The van der Waals surface area contributed by atoms with Gasteiger partial charge in [-0.1, -0.05) is 41.9 Å². The number of fused-ring (bicyclic) bond motifs is 1. The Kier molecular flexibility index (Phi) is 5.35. The Morgan fingerprint density at radius 1 is 1.36 bits per heavy atom. The molecule has 25 heavy (non-hydrogen) atoms. The molecule has 8 heteroatoms. The van der Waals surface area contributed by atoms with Gasteiger partial charge in [0, 0.05) is 18.1 Å². The lowest BCUT2D eigenvalue weighted by molar-refractivity contribution is -0.129. The summed E-state index contributed by atoms with van der Waals surface area (Å²) in [6.45, 7) is 1.99. The van der Waals surface area contributed by atoms with Crippen LogP contribution in [0.4, 0.5) is 0 Å². The van der Waals surface area contributed by atoms with Gasteiger partial charge in [0.1, 0.15) is 0 Å². The summed E-state index contributed by atoms with van der Waals surface area (Å²) in [5, 5.41) is 4.61. The van der Waals surface area contributed by atoms with Crippen molar-refractivity contribution < 1.29 is 14.3 Å². The Bertz CT molecular complexity index is 891. The summed E-state index contributed by atoms with van der Waals surface area (Å²) in [5.74, 6) is -1.03. The van der Waals surface area contributed by atoms with E-state index in [1.54, 1.807) is 16.0 Å². The van der Waals surface area contributed by atoms with E-state index in [2.05, 4.69) is 10.3 Å². The highest BCUT2D eigenvalue weighted by Crippen LogP contribution is 2.22. The van der Waals surface area contributed by atoms with Crippen molar-refractivity contribution >= 4 is 39.8 Å². The molecule has 0 radical (unpaired) electrons. The minimum Gasteiger partial charge on any atom is -0.448 e. The first-order chi connectivity index (χ1) is 12.1. The van der Waals surface area contributed by atoms with E-state index in [0.717, 1.165) is 5.56 Å². The van der Waals surface area contributed by atoms with Crippen LogP contribution in [0, 0.1) is 0 Å². The van der Waals surface area contributed by atoms with E-state index in [1.165, 1.54) is 18.3 Å². The second kappa shape index (κ2) is 7.67. The normalized spacial score (nSPS) is 12.1. The SMILES string of the molecule is C[C@H](OC(=O)c1c(Cl)nc2sccn12)C(=O)NCCc1ccccc1. The number of halogens is 1. The van der Waals surface area contributed by atoms with Crippen molar-refractivity contribution in [3.63, 3.8) is 0 Å². The van der Waals surface area contributed by atoms with Crippen LogP contribution in [0.3, 0.4) is 0 Å². The molecule has 1 atom stereocenters. The van der Waals surface area contributed by atoms with Crippen LogP contribution >= 0.6 is 22.9 Å². The van der Waals surface area contributed by atoms with Crippen molar-refractivity contribution in [2.45, 2.75) is 19.4 Å². The molecule has 1 aromatic carbocycles. The largest absolute Gasteiger partial charge is 0.448 e. The zero-order valence-corrected chi connectivity index (χ0v) is 15.0. The van der Waals surface area contributed by atoms with Gasteiger partial charge >= 0.3 is 5.97 Å². The number of nitrogens with one attached hydrogen (secondary N) is 1. The fourth-order valence-electron chi connectivity index (χ4n) is 2.33. The zero-order chi connectivity index (χ0) is 17.8. The van der Waals surface area contributed by atoms with E-state index < -0.39 is 12.1 Å². The minimum absolute atomic E-state index is 0.0635. The Hall–Kier alpha value is -2.38. The van der Waals surface area contributed by atoms with Crippen LogP contribution in [0.2, 0.25) is 5.15 Å². The maximum atomic E-state index is 12.3. The van der Waals surface area contributed by atoms with Crippen molar-refractivity contribution in [1.82, 2.24) is 14.7 Å². The fraction of sp³-hybridized carbons (Fsp3) is 0.235. The van der Waals surface area contributed by atoms with Crippen LogP contribution in [0.25, 0.3) is 4.96 Å². The van der Waals surface area contributed by atoms with E-state index in [9.17, 15) is 9.59 Å². The van der Waals surface area contributed by atoms with Gasteiger partial charge in [0.2, 0.25) is 0 Å². The third kappa shape index (κ3) is 4.00. The van der Waals surface area contributed by atoms with Crippen molar-refractivity contribution in [2.75, 3.05) is 6.54 Å². The number of carbonyl (C=O) groups excluding carboxylic acids is 2. The molecule has 0 fully saturated rings. The molecule has 6 nitrogen and oxygen atoms in total. The smallest absolute Gasteiger partial charge is 0.359 e. The van der Waals surface area contributed by atoms with Gasteiger partial charge in [0.05, 0.1) is 0 Å². The number of hydrogen-bond donors (Lipinski definition) is 1. The molecule has 0 unspecified atom stereocenters. The Morgan fingerprint density at radius 2 is 2.12 bits per heavy atom. The van der Waals surface area contributed by atoms with Gasteiger partial charge in [0.15, 0.2) is 21.9 Å². The van der Waals surface area contributed by atoms with Gasteiger partial charge in [-0.15, -0.1) is 11.3 Å². The molecule has 0 aliphatic heterocycles. The second-order valence-corrected chi connectivity index (χ2v) is 6.61. The number of rotatable bonds is 6. The van der Waals surface area contributed by atoms with Gasteiger partial charge in [-0.2, -0.15) is 0 Å². The number of benzene rings is 1. The number of thiazole rings is 1. The first-order valence-corrected chi connectivity index (χ1v) is 8.95. The number of esters is 1. The van der Waals surface area contributed by atoms with Crippen LogP contribution in [-0.2, 0) is 16.0 Å². The highest BCUT2D eigenvalue weighted by molar-refractivity contribution is 7.15. The quantitative estimate of drug-likeness (QED) is 0.670. The molecule has 130 valence electrons. The van der Waals surface area contributed by atoms with Crippen molar-refractivity contribution in [1.29, 1.82) is 0 Å². The van der Waals surface area contributed by atoms with Crippen LogP contribution in [0.5, 0.6) is 0 Å². The number of hydrogen-bond acceptors (Lipinski definition) is 5. The summed E-state index contributed by atoms with van der Waals surface area (Å²) in [6, 6.07) is 9.81. The molecule has 3 rings (SSSR count). The highest BCUT2D eigenvalue weighted by atomic mass is 35.5. The number of imidazole rings is 1. The average molecular weight is 378 g/mol. The monoisotopic (exact) mass is 377 g/mol. The molecule has 2 heterocycles. The molecular formula is C17H16ClN3O3S. The van der Waals surface area contributed by atoms with E-state index in [4.69, 9.17) is 16.3 Å². The third-order valence-corrected chi connectivity index (χ3v) is 4.64. The summed E-state index contributed by atoms with van der Waals surface area (Å²) < 4.78 is 6.78. The molecule has 0 saturated heterocycles. The first-order valence-electron chi connectivity index (χ1n) is 7.70. The Morgan fingerprint density at radius 3 is 2.88 bits per heavy atom. The summed E-state index contributed by atoms with van der Waals surface area (Å²) >= 11 is 7.35. The van der Waals surface area contributed by atoms with Crippen LogP contribution in [0.15, 0.2) is 41.9 Å². The molecule has 1 amide bonds. The van der Waals surface area contributed by atoms with Crippen molar-refractivity contribution in [3.8, 4) is 0 Å². The zero-order valence-electron chi connectivity index (χ0n) is 13.4. The Balaban J connectivity index is 1.55. The van der Waals surface area contributed by atoms with Gasteiger partial charge in [-0.25, -0.2) is 9.78 Å². The van der Waals surface area contributed by atoms with Gasteiger partial charge in [0.25, 0.3) is 5.91 Å². The minimum atomic E-state index is -0.927. The lowest BCUT2D eigenvalue weighted by atomic mass is 10.1. The van der Waals surface area contributed by atoms with E-state index in [0.29, 0.717) is 17.9 Å². The number of ether oxygens (including phenoxy) is 1. The maximum Gasteiger partial charge on any atom is 0.359 e. The van der Waals surface area contributed by atoms with Crippen molar-refractivity contribution in [2.24, 2.45) is 0 Å². The van der Waals surface area contributed by atoms with E-state index >= 15 is 0 Å². The van der Waals surface area contributed by atoms with E-state index in [-0.39, 0.29) is 16.8 Å². The molecule has 0 aliphatic carbocycles. The maximum absolute atomic E-state index is 12.3. The molecule has 0 saturated carbocycles. The molecule has 0 bridgehead atoms. The van der Waals surface area contributed by atoms with Crippen LogP contribution < -0.4 is 5.32 Å². The fourth-order valence-corrected chi connectivity index (χ4v) is 3.34. The lowest BCUT2D eigenvalue weighted by Gasteiger charge is -2.13. The molecule has 0 aliphatic rings. The highest BCUT2D eigenvalue weighted by Gasteiger charge is 2.24.